The van der Waals surface area contributed by atoms with Crippen LogP contribution in [0.2, 0.25) is 0 Å². The van der Waals surface area contributed by atoms with Gasteiger partial charge in [-0.15, -0.1) is 0 Å². The van der Waals surface area contributed by atoms with Crippen molar-refractivity contribution in [1.29, 1.82) is 0 Å². The first-order valence-corrected chi connectivity index (χ1v) is 7.11. The number of carboxylic acid groups (broad SMARTS) is 1. The van der Waals surface area contributed by atoms with Crippen molar-refractivity contribution in [3.8, 4) is 5.75 Å². The Balaban J connectivity index is 1.47. The standard InChI is InChI=1S/C16H20O3/c17-15(18)16(10-12-9-13(12)11-16)7-4-8-19-14-5-2-1-3-6-14/h1-3,5-6,12-13H,4,7-11H2,(H,17,18). The molecule has 19 heavy (non-hydrogen) atoms. The number of hydrogen-bond acceptors (Lipinski definition) is 2. The van der Waals surface area contributed by atoms with Crippen LogP contribution in [0, 0.1) is 17.3 Å². The molecule has 3 rings (SSSR count). The van der Waals surface area contributed by atoms with E-state index in [1.165, 1.54) is 6.42 Å². The van der Waals surface area contributed by atoms with E-state index in [9.17, 15) is 9.90 Å². The van der Waals surface area contributed by atoms with Gasteiger partial charge in [-0.25, -0.2) is 0 Å². The van der Waals surface area contributed by atoms with Crippen LogP contribution in [0.15, 0.2) is 30.3 Å². The predicted octanol–water partition coefficient (Wildman–Crippen LogP) is 3.35. The maximum atomic E-state index is 11.5. The minimum Gasteiger partial charge on any atom is -0.494 e. The SMILES string of the molecule is O=C(O)C1(CCCOc2ccccc2)CC2CC2C1. The van der Waals surface area contributed by atoms with Crippen LogP contribution in [0.3, 0.4) is 0 Å². The van der Waals surface area contributed by atoms with Crippen molar-refractivity contribution in [3.05, 3.63) is 30.3 Å². The number of hydrogen-bond donors (Lipinski definition) is 1. The van der Waals surface area contributed by atoms with Crippen LogP contribution in [-0.4, -0.2) is 17.7 Å². The first-order valence-electron chi connectivity index (χ1n) is 7.11. The third-order valence-electron chi connectivity index (χ3n) is 4.64. The summed E-state index contributed by atoms with van der Waals surface area (Å²) in [5.41, 5.74) is -0.451. The number of carboxylic acids is 1. The molecule has 1 aromatic carbocycles. The highest BCUT2D eigenvalue weighted by Crippen LogP contribution is 2.61. The van der Waals surface area contributed by atoms with Crippen LogP contribution in [0.4, 0.5) is 0 Å². The quantitative estimate of drug-likeness (QED) is 0.798. The van der Waals surface area contributed by atoms with Gasteiger partial charge in [-0.1, -0.05) is 18.2 Å². The Morgan fingerprint density at radius 2 is 1.95 bits per heavy atom. The number of ether oxygens (including phenoxy) is 1. The Labute approximate surface area is 113 Å². The summed E-state index contributed by atoms with van der Waals surface area (Å²) >= 11 is 0. The van der Waals surface area contributed by atoms with Crippen LogP contribution < -0.4 is 4.74 Å². The van der Waals surface area contributed by atoms with Crippen molar-refractivity contribution >= 4 is 5.97 Å². The minimum atomic E-state index is -0.598. The summed E-state index contributed by atoms with van der Waals surface area (Å²) in [6.45, 7) is 0.606. The molecule has 0 aliphatic heterocycles. The molecule has 0 amide bonds. The van der Waals surface area contributed by atoms with Crippen molar-refractivity contribution in [3.63, 3.8) is 0 Å². The predicted molar refractivity (Wildman–Crippen MR) is 72.1 cm³/mol. The maximum Gasteiger partial charge on any atom is 0.309 e. The van der Waals surface area contributed by atoms with Gasteiger partial charge in [-0.2, -0.15) is 0 Å². The van der Waals surface area contributed by atoms with Gasteiger partial charge in [0.1, 0.15) is 5.75 Å². The highest BCUT2D eigenvalue weighted by atomic mass is 16.5. The molecule has 3 heteroatoms. The van der Waals surface area contributed by atoms with Crippen molar-refractivity contribution in [2.24, 2.45) is 17.3 Å². The molecular formula is C16H20O3. The summed E-state index contributed by atoms with van der Waals surface area (Å²) in [4.78, 5) is 11.5. The van der Waals surface area contributed by atoms with E-state index >= 15 is 0 Å². The second-order valence-electron chi connectivity index (χ2n) is 6.01. The summed E-state index contributed by atoms with van der Waals surface area (Å²) in [6, 6.07) is 9.70. The van der Waals surface area contributed by atoms with E-state index in [1.54, 1.807) is 0 Å². The number of carbonyl (C=O) groups is 1. The van der Waals surface area contributed by atoms with Gasteiger partial charge in [-0.3, -0.25) is 4.79 Å². The number of para-hydroxylation sites is 1. The van der Waals surface area contributed by atoms with E-state index in [-0.39, 0.29) is 0 Å². The fourth-order valence-corrected chi connectivity index (χ4v) is 3.50. The second-order valence-corrected chi connectivity index (χ2v) is 6.01. The molecule has 0 heterocycles. The summed E-state index contributed by atoms with van der Waals surface area (Å²) in [5, 5.41) is 9.48. The van der Waals surface area contributed by atoms with E-state index in [0.717, 1.165) is 31.4 Å². The highest BCUT2D eigenvalue weighted by Gasteiger charge is 2.56. The molecule has 1 N–H and O–H groups in total. The monoisotopic (exact) mass is 260 g/mol. The summed E-state index contributed by atoms with van der Waals surface area (Å²) in [5.74, 6) is 1.66. The highest BCUT2D eigenvalue weighted by molar-refractivity contribution is 5.75. The van der Waals surface area contributed by atoms with Crippen LogP contribution in [0.1, 0.15) is 32.1 Å². The van der Waals surface area contributed by atoms with Crippen molar-refractivity contribution in [2.75, 3.05) is 6.61 Å². The first-order chi connectivity index (χ1) is 9.20. The van der Waals surface area contributed by atoms with Crippen LogP contribution >= 0.6 is 0 Å². The molecule has 0 spiro atoms. The lowest BCUT2D eigenvalue weighted by Gasteiger charge is -2.25. The molecular weight excluding hydrogens is 240 g/mol. The number of aliphatic carboxylic acids is 1. The topological polar surface area (TPSA) is 46.5 Å². The average molecular weight is 260 g/mol. The molecule has 3 nitrogen and oxygen atoms in total. The number of fused-ring (bicyclic) bond motifs is 1. The lowest BCUT2D eigenvalue weighted by atomic mass is 9.79. The molecule has 0 radical (unpaired) electrons. The Hall–Kier alpha value is -1.51. The zero-order valence-electron chi connectivity index (χ0n) is 11.0. The van der Waals surface area contributed by atoms with Gasteiger partial charge < -0.3 is 9.84 Å². The van der Waals surface area contributed by atoms with Gasteiger partial charge >= 0.3 is 5.97 Å². The maximum absolute atomic E-state index is 11.5. The van der Waals surface area contributed by atoms with Crippen LogP contribution in [-0.2, 0) is 4.79 Å². The number of benzene rings is 1. The van der Waals surface area contributed by atoms with Gasteiger partial charge in [0.25, 0.3) is 0 Å². The fourth-order valence-electron chi connectivity index (χ4n) is 3.50. The molecule has 0 saturated heterocycles. The average Bonchev–Trinajstić information content (AvgIpc) is 3.03. The Bertz CT molecular complexity index is 444. The summed E-state index contributed by atoms with van der Waals surface area (Å²) < 4.78 is 5.64. The van der Waals surface area contributed by atoms with Crippen LogP contribution in [0.5, 0.6) is 5.75 Å². The second kappa shape index (κ2) is 4.87. The molecule has 2 aliphatic carbocycles. The Morgan fingerprint density at radius 3 is 2.58 bits per heavy atom. The molecule has 2 atom stereocenters. The Morgan fingerprint density at radius 1 is 1.26 bits per heavy atom. The lowest BCUT2D eigenvalue weighted by Crippen LogP contribution is -2.30. The van der Waals surface area contributed by atoms with E-state index in [4.69, 9.17) is 4.74 Å². The van der Waals surface area contributed by atoms with Crippen LogP contribution in [0.25, 0.3) is 0 Å². The fraction of sp³-hybridized carbons (Fsp3) is 0.562. The first kappa shape index (κ1) is 12.5. The van der Waals surface area contributed by atoms with E-state index in [0.29, 0.717) is 18.4 Å². The molecule has 2 unspecified atom stereocenters. The molecule has 0 aromatic heterocycles. The minimum absolute atomic E-state index is 0.451. The molecule has 0 bridgehead atoms. The number of rotatable bonds is 6. The zero-order chi connectivity index (χ0) is 13.3. The summed E-state index contributed by atoms with van der Waals surface area (Å²) in [6.07, 6.45) is 4.61. The normalized spacial score (nSPS) is 31.8. The third kappa shape index (κ3) is 2.60. The van der Waals surface area contributed by atoms with Gasteiger partial charge in [0.2, 0.25) is 0 Å². The van der Waals surface area contributed by atoms with E-state index in [1.807, 2.05) is 30.3 Å². The van der Waals surface area contributed by atoms with Gasteiger partial charge in [0.15, 0.2) is 0 Å². The molecule has 2 saturated carbocycles. The molecule has 1 aromatic rings. The van der Waals surface area contributed by atoms with Crippen molar-refractivity contribution in [1.82, 2.24) is 0 Å². The summed E-state index contributed by atoms with van der Waals surface area (Å²) in [7, 11) is 0. The van der Waals surface area contributed by atoms with Gasteiger partial charge in [-0.05, 0) is 56.1 Å². The van der Waals surface area contributed by atoms with Gasteiger partial charge in [0.05, 0.1) is 12.0 Å². The molecule has 2 fully saturated rings. The largest absolute Gasteiger partial charge is 0.494 e. The molecule has 2 aliphatic rings. The lowest BCUT2D eigenvalue weighted by molar-refractivity contribution is -0.149. The van der Waals surface area contributed by atoms with Crippen molar-refractivity contribution in [2.45, 2.75) is 32.1 Å². The van der Waals surface area contributed by atoms with Gasteiger partial charge in [0, 0.05) is 0 Å². The van der Waals surface area contributed by atoms with E-state index < -0.39 is 11.4 Å². The zero-order valence-corrected chi connectivity index (χ0v) is 11.0. The van der Waals surface area contributed by atoms with E-state index in [2.05, 4.69) is 0 Å². The molecule has 102 valence electrons. The Kier molecular flexibility index (Phi) is 3.21. The smallest absolute Gasteiger partial charge is 0.309 e. The van der Waals surface area contributed by atoms with Crippen molar-refractivity contribution < 1.29 is 14.6 Å². The third-order valence-corrected chi connectivity index (χ3v) is 4.64.